The van der Waals surface area contributed by atoms with E-state index in [-0.39, 0.29) is 0 Å². The minimum atomic E-state index is -0.639. The highest BCUT2D eigenvalue weighted by Gasteiger charge is 2.49. The fraction of sp³-hybridized carbons (Fsp3) is 0.0476. The van der Waals surface area contributed by atoms with Crippen molar-refractivity contribution < 1.29 is 4.42 Å². The average Bonchev–Trinajstić information content (AvgIpc) is 4.01. The van der Waals surface area contributed by atoms with Crippen LogP contribution in [0.5, 0.6) is 0 Å². The molecular formula is C63H43NO. The number of rotatable bonds is 8. The van der Waals surface area contributed by atoms with Crippen LogP contribution >= 0.6 is 0 Å². The van der Waals surface area contributed by atoms with Crippen LogP contribution in [0.25, 0.3) is 44.2 Å². The van der Waals surface area contributed by atoms with Gasteiger partial charge in [-0.3, -0.25) is 0 Å². The highest BCUT2D eigenvalue weighted by molar-refractivity contribution is 6.06. The van der Waals surface area contributed by atoms with Crippen molar-refractivity contribution in [3.63, 3.8) is 0 Å². The van der Waals surface area contributed by atoms with Crippen LogP contribution in [0.2, 0.25) is 0 Å². The molecule has 11 aromatic rings. The van der Waals surface area contributed by atoms with Gasteiger partial charge in [-0.25, -0.2) is 0 Å². The Morgan fingerprint density at radius 2 is 0.815 bits per heavy atom. The van der Waals surface area contributed by atoms with Crippen LogP contribution in [-0.2, 0) is 17.4 Å². The van der Waals surface area contributed by atoms with Gasteiger partial charge >= 0.3 is 0 Å². The number of fused-ring (bicyclic) bond motifs is 9. The maximum absolute atomic E-state index is 6.83. The third-order valence-electron chi connectivity index (χ3n) is 14.3. The Kier molecular flexibility index (Phi) is 8.44. The molecular weight excluding hydrogens is 787 g/mol. The Labute approximate surface area is 379 Å². The van der Waals surface area contributed by atoms with Gasteiger partial charge < -0.3 is 9.32 Å². The average molecular weight is 830 g/mol. The molecule has 1 aromatic heterocycles. The third-order valence-corrected chi connectivity index (χ3v) is 14.3. The zero-order chi connectivity index (χ0) is 43.0. The molecule has 1 heterocycles. The molecule has 306 valence electrons. The summed E-state index contributed by atoms with van der Waals surface area (Å²) in [6, 6.07) is 91.7. The van der Waals surface area contributed by atoms with Crippen LogP contribution in [0.15, 0.2) is 253 Å². The quantitative estimate of drug-likeness (QED) is 0.152. The normalized spacial score (nSPS) is 13.8. The van der Waals surface area contributed by atoms with Gasteiger partial charge in [-0.2, -0.15) is 0 Å². The lowest BCUT2D eigenvalue weighted by atomic mass is 9.66. The van der Waals surface area contributed by atoms with Crippen LogP contribution in [0.3, 0.4) is 0 Å². The lowest BCUT2D eigenvalue weighted by Crippen LogP contribution is -2.31. The Hall–Kier alpha value is -8.20. The molecule has 0 atom stereocenters. The standard InChI is InChI=1S/C63H43NO/c1-5-22-44(23-6-1)62(45-24-7-2-8-25-45)55-36-19-15-33-51(55)61-56(62)37-21-38-58(61)64(47-28-11-4-12-29-47)42-43-40-52-50-32-16-20-39-59(50)65-60(52)41-57(43)63(46-26-9-3-10-27-46)53-34-17-13-30-48(53)49-31-14-18-35-54(49)63/h1-41H,42H2. The predicted molar refractivity (Wildman–Crippen MR) is 267 cm³/mol. The van der Waals surface area contributed by atoms with Crippen LogP contribution in [0.1, 0.15) is 50.1 Å². The van der Waals surface area contributed by atoms with Crippen molar-refractivity contribution in [3.05, 3.63) is 299 Å². The van der Waals surface area contributed by atoms with E-state index in [2.05, 4.69) is 254 Å². The smallest absolute Gasteiger partial charge is 0.135 e. The lowest BCUT2D eigenvalue weighted by molar-refractivity contribution is 0.664. The van der Waals surface area contributed by atoms with Gasteiger partial charge in [-0.05, 0) is 103 Å². The highest BCUT2D eigenvalue weighted by Crippen LogP contribution is 2.60. The molecule has 2 aliphatic carbocycles. The molecule has 0 aliphatic heterocycles. The molecule has 0 saturated carbocycles. The van der Waals surface area contributed by atoms with E-state index >= 15 is 0 Å². The van der Waals surface area contributed by atoms with Crippen molar-refractivity contribution in [2.24, 2.45) is 0 Å². The van der Waals surface area contributed by atoms with E-state index in [4.69, 9.17) is 4.42 Å². The molecule has 0 fully saturated rings. The molecule has 10 aromatic carbocycles. The van der Waals surface area contributed by atoms with E-state index < -0.39 is 10.8 Å². The minimum absolute atomic E-state index is 0.527. The highest BCUT2D eigenvalue weighted by atomic mass is 16.3. The molecule has 0 spiro atoms. The van der Waals surface area contributed by atoms with Gasteiger partial charge in [0, 0.05) is 34.3 Å². The summed E-state index contributed by atoms with van der Waals surface area (Å²) in [5.74, 6) is 0. The summed E-state index contributed by atoms with van der Waals surface area (Å²) in [5.41, 5.74) is 19.2. The van der Waals surface area contributed by atoms with Gasteiger partial charge in [0.2, 0.25) is 0 Å². The summed E-state index contributed by atoms with van der Waals surface area (Å²) in [4.78, 5) is 2.57. The summed E-state index contributed by atoms with van der Waals surface area (Å²) >= 11 is 0. The second kappa shape index (κ2) is 14.7. The van der Waals surface area contributed by atoms with E-state index in [1.165, 1.54) is 78.0 Å². The third kappa shape index (κ3) is 5.35. The van der Waals surface area contributed by atoms with E-state index in [0.717, 1.165) is 27.6 Å². The first kappa shape index (κ1) is 37.4. The molecule has 0 unspecified atom stereocenters. The van der Waals surface area contributed by atoms with E-state index in [1.807, 2.05) is 0 Å². The molecule has 13 rings (SSSR count). The Morgan fingerprint density at radius 1 is 0.338 bits per heavy atom. The fourth-order valence-corrected chi connectivity index (χ4v) is 11.8. The molecule has 0 saturated heterocycles. The monoisotopic (exact) mass is 829 g/mol. The number of nitrogens with zero attached hydrogens (tertiary/aromatic N) is 1. The van der Waals surface area contributed by atoms with Crippen molar-refractivity contribution in [1.82, 2.24) is 0 Å². The van der Waals surface area contributed by atoms with Crippen molar-refractivity contribution in [3.8, 4) is 22.3 Å². The van der Waals surface area contributed by atoms with Gasteiger partial charge in [0.05, 0.1) is 10.8 Å². The summed E-state index contributed by atoms with van der Waals surface area (Å²) in [6.45, 7) is 0.593. The van der Waals surface area contributed by atoms with Gasteiger partial charge in [-0.15, -0.1) is 0 Å². The molecule has 2 nitrogen and oxygen atoms in total. The topological polar surface area (TPSA) is 16.4 Å². The minimum Gasteiger partial charge on any atom is -0.456 e. The number of hydrogen-bond acceptors (Lipinski definition) is 2. The fourth-order valence-electron chi connectivity index (χ4n) is 11.8. The molecule has 0 bridgehead atoms. The number of hydrogen-bond donors (Lipinski definition) is 0. The predicted octanol–water partition coefficient (Wildman–Crippen LogP) is 15.7. The Balaban J connectivity index is 1.13. The van der Waals surface area contributed by atoms with Crippen molar-refractivity contribution in [1.29, 1.82) is 0 Å². The number of anilines is 2. The Morgan fingerprint density at radius 3 is 1.43 bits per heavy atom. The molecule has 2 heteroatoms. The second-order valence-corrected chi connectivity index (χ2v) is 17.5. The van der Waals surface area contributed by atoms with Crippen molar-refractivity contribution in [2.75, 3.05) is 4.90 Å². The number of para-hydroxylation sites is 2. The Bertz CT molecular complexity index is 3490. The summed E-state index contributed by atoms with van der Waals surface area (Å²) in [7, 11) is 0. The van der Waals surface area contributed by atoms with Crippen LogP contribution < -0.4 is 4.90 Å². The summed E-state index contributed by atoms with van der Waals surface area (Å²) < 4.78 is 6.83. The molecule has 0 amide bonds. The zero-order valence-corrected chi connectivity index (χ0v) is 35.7. The maximum Gasteiger partial charge on any atom is 0.135 e. The first-order chi connectivity index (χ1) is 32.3. The second-order valence-electron chi connectivity index (χ2n) is 17.5. The van der Waals surface area contributed by atoms with Crippen LogP contribution in [0, 0.1) is 0 Å². The van der Waals surface area contributed by atoms with Crippen molar-refractivity contribution >= 4 is 33.3 Å². The van der Waals surface area contributed by atoms with Gasteiger partial charge in [0.1, 0.15) is 11.2 Å². The number of benzene rings is 10. The first-order valence-electron chi connectivity index (χ1n) is 22.6. The number of furan rings is 1. The molecule has 0 N–H and O–H groups in total. The van der Waals surface area contributed by atoms with E-state index in [0.29, 0.717) is 6.54 Å². The summed E-state index contributed by atoms with van der Waals surface area (Å²) in [5, 5.41) is 2.23. The van der Waals surface area contributed by atoms with Gasteiger partial charge in [-0.1, -0.05) is 212 Å². The van der Waals surface area contributed by atoms with Gasteiger partial charge in [0.15, 0.2) is 0 Å². The first-order valence-corrected chi connectivity index (χ1v) is 22.6. The zero-order valence-electron chi connectivity index (χ0n) is 35.7. The van der Waals surface area contributed by atoms with Crippen LogP contribution in [-0.4, -0.2) is 0 Å². The van der Waals surface area contributed by atoms with Crippen molar-refractivity contribution in [2.45, 2.75) is 17.4 Å². The van der Waals surface area contributed by atoms with E-state index in [1.54, 1.807) is 0 Å². The molecule has 65 heavy (non-hydrogen) atoms. The SMILES string of the molecule is c1ccc(N(Cc2cc3c(cc2C2(c4ccccc4)c4ccccc4-c4ccccc42)oc2ccccc23)c2cccc3c2-c2ccccc2C3(c2ccccc2)c2ccccc2)cc1. The molecule has 0 radical (unpaired) electrons. The molecule has 2 aliphatic rings. The summed E-state index contributed by atoms with van der Waals surface area (Å²) in [6.07, 6.45) is 0. The lowest BCUT2D eigenvalue weighted by Gasteiger charge is -2.37. The maximum atomic E-state index is 6.83. The van der Waals surface area contributed by atoms with E-state index in [9.17, 15) is 0 Å². The van der Waals surface area contributed by atoms with Gasteiger partial charge in [0.25, 0.3) is 0 Å². The largest absolute Gasteiger partial charge is 0.456 e. The van der Waals surface area contributed by atoms with Crippen LogP contribution in [0.4, 0.5) is 11.4 Å².